The number of nitriles is 1. The molecule has 8 fully saturated rings. The van der Waals surface area contributed by atoms with Gasteiger partial charge in [-0.15, -0.1) is 12.4 Å². The van der Waals surface area contributed by atoms with Gasteiger partial charge in [0.2, 0.25) is 0 Å². The first kappa shape index (κ1) is 106. The number of amidine groups is 3. The highest BCUT2D eigenvalue weighted by Crippen LogP contribution is 2.57. The summed E-state index contributed by atoms with van der Waals surface area (Å²) < 4.78 is 36.7. The number of benzene rings is 8. The lowest BCUT2D eigenvalue weighted by molar-refractivity contribution is 0.00500. The van der Waals surface area contributed by atoms with Crippen molar-refractivity contribution in [2.45, 2.75) is 290 Å². The number of nitrogens with one attached hydrogen (secondary N) is 5. The van der Waals surface area contributed by atoms with Crippen LogP contribution in [0, 0.1) is 27.6 Å². The highest BCUT2D eigenvalue weighted by Gasteiger charge is 2.52. The van der Waals surface area contributed by atoms with Gasteiger partial charge in [0.05, 0.1) is 62.8 Å². The summed E-state index contributed by atoms with van der Waals surface area (Å²) in [5, 5.41) is 42.2. The van der Waals surface area contributed by atoms with Gasteiger partial charge in [-0.05, 0) is 338 Å². The van der Waals surface area contributed by atoms with Crippen LogP contribution in [0.4, 0.5) is 55.1 Å². The minimum atomic E-state index is -0.494. The number of fused-ring (bicyclic) bond motifs is 16. The number of ether oxygens (including phenoxy) is 6. The van der Waals surface area contributed by atoms with Gasteiger partial charge >= 0.3 is 12.2 Å². The van der Waals surface area contributed by atoms with Crippen LogP contribution in [0.2, 0.25) is 0 Å². The van der Waals surface area contributed by atoms with Crippen molar-refractivity contribution in [1.29, 1.82) is 21.5 Å². The predicted molar refractivity (Wildman–Crippen MR) is 584 cm³/mol. The Hall–Kier alpha value is -13.3. The van der Waals surface area contributed by atoms with E-state index in [-0.39, 0.29) is 60.8 Å². The zero-order valence-electron chi connectivity index (χ0n) is 87.4. The molecule has 0 aliphatic carbocycles. The van der Waals surface area contributed by atoms with Crippen LogP contribution in [0.1, 0.15) is 238 Å². The Balaban J connectivity index is 0.000000133. The van der Waals surface area contributed by atoms with Gasteiger partial charge in [-0.2, -0.15) is 5.26 Å². The van der Waals surface area contributed by atoms with E-state index in [1.165, 1.54) is 38.5 Å². The molecule has 146 heavy (non-hydrogen) atoms. The van der Waals surface area contributed by atoms with Crippen molar-refractivity contribution in [2.75, 3.05) is 72.0 Å². The summed E-state index contributed by atoms with van der Waals surface area (Å²) in [4.78, 5) is 66.8. The monoisotopic (exact) mass is 2000 g/mol. The van der Waals surface area contributed by atoms with Crippen molar-refractivity contribution in [3.05, 3.63) is 252 Å². The first-order valence-electron chi connectivity index (χ1n) is 53.0. The summed E-state index contributed by atoms with van der Waals surface area (Å²) in [6.07, 6.45) is 21.1. The zero-order chi connectivity index (χ0) is 102. The Kier molecular flexibility index (Phi) is 34.0. The van der Waals surface area contributed by atoms with Crippen molar-refractivity contribution in [3.63, 3.8) is 0 Å². The van der Waals surface area contributed by atoms with E-state index in [1.807, 2.05) is 141 Å². The average molecular weight is 2000 g/mol. The van der Waals surface area contributed by atoms with E-state index in [0.29, 0.717) is 70.8 Å². The minimum absolute atomic E-state index is 0. The molecule has 12 aliphatic rings. The number of hydrogen-bond acceptors (Lipinski definition) is 22. The number of pyridine rings is 2. The van der Waals surface area contributed by atoms with E-state index in [1.54, 1.807) is 24.4 Å². The Bertz CT molecular complexity index is 6210. The molecule has 12 atom stereocenters. The van der Waals surface area contributed by atoms with E-state index in [4.69, 9.17) is 44.6 Å². The van der Waals surface area contributed by atoms with Crippen LogP contribution < -0.4 is 49.2 Å². The molecule has 22 rings (SSSR count). The van der Waals surface area contributed by atoms with Crippen LogP contribution >= 0.6 is 12.4 Å². The molecule has 0 spiro atoms. The standard InChI is InChI=1S/C30H35N5O.C29H38N4O3.C25H27N3O3.C24H30N4O.C6H5NO.C4H11N.ClH/c1-3-33(4-2)30(31)21-12-15-27-29(17-21)36-28-11-6-5-10-26(28)35(27)25-18-23-13-14-24(19-25)34(23)20-22-9-7-8-16-32-22;1-6-31(7-2)27(30)19-12-15-24-26(16-19)35-25-11-9-8-10-23(25)33(24)22-17-20-13-14-21(18-22)32(20)28(34)36-29(3,4)5;1-25(2,3)31-24(29)27-17-9-10-18(27)14-19(13-17)28-20-6-4-5-7-22(20)30-23-12-16(15-26)8-11-21(23)28;1-3-27(4-2)24(25)16-9-12-21-23(13-16)29-22-8-6-5-7-20(22)28(21)19-14-17-10-11-18(15-19)26-17;8-5-6-3-1-2-4-7-6;1-3-5-4-2;/h5-12,15-17,23-25,31H,3-4,13-14,18-20H2,1-2H3;8-12,15-16,20-22,30H,6-7,13-14,17-18H2,1-5H3;4-8,11-12,17-19H,9-10,13-14H2,1-3H3;5-9,12-13,17-19,25-26H,3-4,10-11,14-15H2,1-2H3;1-5H;5H,3-4H2,1-2H3;1H/t23-,24+,25?;20-,21+,22?;2*17-,18+,19?;;;. The molecule has 0 radical (unpaired) electrons. The summed E-state index contributed by atoms with van der Waals surface area (Å²) in [6, 6.07) is 75.5. The van der Waals surface area contributed by atoms with Crippen LogP contribution in [-0.2, 0) is 16.0 Å². The van der Waals surface area contributed by atoms with Gasteiger partial charge in [-0.3, -0.25) is 35.9 Å². The maximum absolute atomic E-state index is 13.0. The van der Waals surface area contributed by atoms with Crippen LogP contribution in [0.3, 0.4) is 0 Å². The molecule has 12 aliphatic heterocycles. The highest BCUT2D eigenvalue weighted by molar-refractivity contribution is 6.00. The lowest BCUT2D eigenvalue weighted by atomic mass is 9.93. The number of halogens is 1. The largest absolute Gasteiger partial charge is 0.453 e. The van der Waals surface area contributed by atoms with Gasteiger partial charge in [-0.25, -0.2) is 9.59 Å². The molecule has 14 heterocycles. The fraction of sp³-hybridized carbons (Fsp3) is 0.449. The number of anilines is 8. The van der Waals surface area contributed by atoms with Crippen molar-refractivity contribution < 1.29 is 42.8 Å². The van der Waals surface area contributed by atoms with Gasteiger partial charge in [-0.1, -0.05) is 74.5 Å². The second kappa shape index (κ2) is 47.1. The quantitative estimate of drug-likeness (QED) is 0.0303. The third kappa shape index (κ3) is 23.4. The summed E-state index contributed by atoms with van der Waals surface area (Å²) in [5.41, 5.74) is 12.6. The Morgan fingerprint density at radius 2 is 0.705 bits per heavy atom. The second-order valence-corrected chi connectivity index (χ2v) is 41.6. The van der Waals surface area contributed by atoms with E-state index < -0.39 is 11.2 Å². The third-order valence-corrected chi connectivity index (χ3v) is 30.2. The number of rotatable bonds is 18. The number of piperidine rings is 4. The maximum Gasteiger partial charge on any atom is 0.410 e. The molecular weight excluding hydrogens is 1850 g/mol. The van der Waals surface area contributed by atoms with Gasteiger partial charge in [0.25, 0.3) is 0 Å². The van der Waals surface area contributed by atoms with E-state index in [0.717, 1.165) is 238 Å². The number of amides is 2. The smallest absolute Gasteiger partial charge is 0.410 e. The van der Waals surface area contributed by atoms with Crippen LogP contribution in [0.15, 0.2) is 219 Å². The topological polar surface area (TPSA) is 284 Å². The molecule has 10 aromatic rings. The van der Waals surface area contributed by atoms with Crippen LogP contribution in [0.25, 0.3) is 0 Å². The number of carbonyl (C=O) groups excluding carboxylic acids is 3. The molecule has 8 bridgehead atoms. The molecule has 2 amide bonds. The Labute approximate surface area is 869 Å². The molecule has 27 nitrogen and oxygen atoms in total. The first-order chi connectivity index (χ1) is 70.2. The summed E-state index contributed by atoms with van der Waals surface area (Å²) >= 11 is 0. The van der Waals surface area contributed by atoms with Gasteiger partial charge in [0.15, 0.2) is 52.3 Å². The lowest BCUT2D eigenvalue weighted by Gasteiger charge is -2.46. The van der Waals surface area contributed by atoms with Crippen LogP contribution in [-0.4, -0.2) is 211 Å². The SMILES string of the molecule is CC(C)(C)OC(=O)N1[C@@H]2CC[C@H]1CC(N1c3ccccc3Oc3cc(C#N)ccc31)C2.CCN(CC)C(=N)c1ccc2c(c1)Oc1ccccc1N2C1C[C@H]2CC[C@@H](C1)N2.CCN(CC)C(=N)c1ccc2c(c1)Oc1ccccc1N2C1C[C@H]2CC[C@@H](C1)N2C(=O)OC(C)(C)C.CCN(CC)C(=N)c1ccc2c(c1)Oc1ccccc1N2C1C[C@H]2CC[C@@H](C1)N2Cc1ccccn1.CCNCC.Cl.O=Cc1ccccn1. The minimum Gasteiger partial charge on any atom is -0.453 e. The maximum atomic E-state index is 13.0. The molecule has 770 valence electrons. The molecule has 5 N–H and O–H groups in total. The fourth-order valence-corrected chi connectivity index (χ4v) is 23.7. The van der Waals surface area contributed by atoms with Crippen molar-refractivity contribution in [1.82, 2.24) is 50.0 Å². The molecule has 8 saturated heterocycles. The average Bonchev–Trinajstić information content (AvgIpc) is 1.47. The Morgan fingerprint density at radius 3 is 1.01 bits per heavy atom. The van der Waals surface area contributed by atoms with Crippen molar-refractivity contribution >= 4 is 93.9 Å². The second-order valence-electron chi connectivity index (χ2n) is 41.6. The van der Waals surface area contributed by atoms with E-state index >= 15 is 0 Å². The number of aldehydes is 1. The third-order valence-electron chi connectivity index (χ3n) is 30.2. The predicted octanol–water partition coefficient (Wildman–Crippen LogP) is 25.3. The van der Waals surface area contributed by atoms with E-state index in [9.17, 15) is 19.6 Å². The lowest BCUT2D eigenvalue weighted by Crippen LogP contribution is -2.53. The summed E-state index contributed by atoms with van der Waals surface area (Å²) in [5.74, 6) is 8.28. The van der Waals surface area contributed by atoms with Gasteiger partial charge < -0.3 is 83.2 Å². The number of nitrogens with zero attached hydrogens (tertiary/aromatic N) is 13. The molecule has 8 aromatic carbocycles. The van der Waals surface area contributed by atoms with E-state index in [2.05, 4.69) is 226 Å². The molecule has 4 unspecified atom stereocenters. The molecule has 0 saturated carbocycles. The van der Waals surface area contributed by atoms with Crippen molar-refractivity contribution in [3.8, 4) is 52.1 Å². The van der Waals surface area contributed by atoms with Gasteiger partial charge in [0, 0.05) is 153 Å². The molecule has 2 aromatic heterocycles. The molecular formula is C118H147ClN18O9. The number of aromatic nitrogens is 2. The first-order valence-corrected chi connectivity index (χ1v) is 53.0. The number of carbonyl (C=O) groups is 3. The van der Waals surface area contributed by atoms with Crippen molar-refractivity contribution in [2.24, 2.45) is 0 Å². The highest BCUT2D eigenvalue weighted by atomic mass is 35.5. The summed E-state index contributed by atoms with van der Waals surface area (Å²) in [7, 11) is 0. The number of hydrogen-bond donors (Lipinski definition) is 5. The Morgan fingerprint density at radius 1 is 0.397 bits per heavy atom. The zero-order valence-corrected chi connectivity index (χ0v) is 88.2. The normalized spacial score (nSPS) is 21.8. The fourth-order valence-electron chi connectivity index (χ4n) is 23.7. The van der Waals surface area contributed by atoms with Gasteiger partial charge in [0.1, 0.15) is 34.4 Å². The van der Waals surface area contributed by atoms with Crippen LogP contribution in [0.5, 0.6) is 46.0 Å². The number of para-hydroxylation sites is 8. The molecule has 28 heteroatoms. The summed E-state index contributed by atoms with van der Waals surface area (Å²) in [6.45, 7) is 36.3.